The molecule has 0 fully saturated rings. The summed E-state index contributed by atoms with van der Waals surface area (Å²) in [6, 6.07) is 4.67. The van der Waals surface area contributed by atoms with Crippen LogP contribution in [0.2, 0.25) is 0 Å². The summed E-state index contributed by atoms with van der Waals surface area (Å²) >= 11 is 0. The summed E-state index contributed by atoms with van der Waals surface area (Å²) in [5.74, 6) is 0.0465. The zero-order valence-electron chi connectivity index (χ0n) is 9.31. The molecule has 6 heteroatoms. The summed E-state index contributed by atoms with van der Waals surface area (Å²) in [6.45, 7) is 0.595. The Bertz CT molecular complexity index is 568. The first-order chi connectivity index (χ1) is 7.88. The van der Waals surface area contributed by atoms with Gasteiger partial charge in [-0.15, -0.1) is 0 Å². The lowest BCUT2D eigenvalue weighted by Crippen LogP contribution is -2.27. The van der Waals surface area contributed by atoms with Crippen molar-refractivity contribution in [2.45, 2.75) is 17.7 Å². The molecule has 1 heterocycles. The van der Waals surface area contributed by atoms with Crippen molar-refractivity contribution in [1.29, 1.82) is 0 Å². The summed E-state index contributed by atoms with van der Waals surface area (Å²) in [6.07, 6.45) is 0.965. The number of fused-ring (bicyclic) bond motifs is 1. The summed E-state index contributed by atoms with van der Waals surface area (Å²) in [5, 5.41) is 0. The Morgan fingerprint density at radius 3 is 2.65 bits per heavy atom. The molecule has 17 heavy (non-hydrogen) atoms. The third-order valence-electron chi connectivity index (χ3n) is 2.94. The van der Waals surface area contributed by atoms with Crippen molar-refractivity contribution < 1.29 is 13.2 Å². The highest BCUT2D eigenvalue weighted by Crippen LogP contribution is 2.22. The van der Waals surface area contributed by atoms with Gasteiger partial charge in [-0.25, -0.2) is 8.42 Å². The molecule has 0 unspecified atom stereocenters. The topological polar surface area (TPSA) is 54.5 Å². The second-order valence-electron chi connectivity index (χ2n) is 4.11. The van der Waals surface area contributed by atoms with E-state index in [-0.39, 0.29) is 10.8 Å². The molecule has 1 aromatic rings. The van der Waals surface area contributed by atoms with Crippen LogP contribution in [0.1, 0.15) is 11.1 Å². The van der Waals surface area contributed by atoms with Crippen molar-refractivity contribution >= 4 is 25.6 Å². The summed E-state index contributed by atoms with van der Waals surface area (Å²) in [7, 11) is 3.34. The molecule has 0 aromatic heterocycles. The molecule has 0 saturated heterocycles. The van der Waals surface area contributed by atoms with Crippen molar-refractivity contribution in [3.05, 3.63) is 29.3 Å². The van der Waals surface area contributed by atoms with Crippen molar-refractivity contribution in [2.75, 3.05) is 13.6 Å². The van der Waals surface area contributed by atoms with Gasteiger partial charge in [0.05, 0.1) is 11.3 Å². The number of hydrogen-bond acceptors (Lipinski definition) is 3. The number of likely N-dealkylation sites (N-methyl/N-ethyl adjacent to an activating group) is 1. The predicted octanol–water partition coefficient (Wildman–Crippen LogP) is 1.17. The van der Waals surface area contributed by atoms with Crippen LogP contribution in [-0.4, -0.2) is 32.8 Å². The van der Waals surface area contributed by atoms with Gasteiger partial charge in [0, 0.05) is 24.3 Å². The van der Waals surface area contributed by atoms with E-state index in [1.807, 2.05) is 0 Å². The maximum Gasteiger partial charge on any atom is 0.261 e. The van der Waals surface area contributed by atoms with Crippen LogP contribution in [0.3, 0.4) is 0 Å². The van der Waals surface area contributed by atoms with Crippen LogP contribution >= 0.6 is 10.7 Å². The molecule has 0 N–H and O–H groups in total. The minimum absolute atomic E-state index is 0.0465. The van der Waals surface area contributed by atoms with Crippen LogP contribution < -0.4 is 0 Å². The van der Waals surface area contributed by atoms with E-state index in [1.165, 1.54) is 6.07 Å². The Hall–Kier alpha value is -1.07. The van der Waals surface area contributed by atoms with Crippen LogP contribution in [-0.2, 0) is 26.7 Å². The number of rotatable bonds is 1. The first-order valence-corrected chi connectivity index (χ1v) is 7.49. The second kappa shape index (κ2) is 4.31. The second-order valence-corrected chi connectivity index (χ2v) is 6.68. The van der Waals surface area contributed by atoms with Gasteiger partial charge >= 0.3 is 0 Å². The van der Waals surface area contributed by atoms with Crippen LogP contribution in [0.4, 0.5) is 0 Å². The van der Waals surface area contributed by atoms with Crippen LogP contribution in [0.25, 0.3) is 0 Å². The van der Waals surface area contributed by atoms with E-state index in [9.17, 15) is 13.2 Å². The molecule has 0 spiro atoms. The fourth-order valence-electron chi connectivity index (χ4n) is 1.87. The van der Waals surface area contributed by atoms with E-state index in [2.05, 4.69) is 0 Å². The average Bonchev–Trinajstić information content (AvgIpc) is 2.38. The smallest absolute Gasteiger partial charge is 0.261 e. The van der Waals surface area contributed by atoms with E-state index in [1.54, 1.807) is 24.1 Å². The number of halogens is 1. The first-order valence-electron chi connectivity index (χ1n) is 5.18. The van der Waals surface area contributed by atoms with Crippen molar-refractivity contribution in [3.8, 4) is 0 Å². The molecule has 92 valence electrons. The third-order valence-corrected chi connectivity index (χ3v) is 4.29. The third kappa shape index (κ3) is 2.61. The van der Waals surface area contributed by atoms with Gasteiger partial charge in [0.15, 0.2) is 0 Å². The number of hydrogen-bond donors (Lipinski definition) is 0. The number of nitrogens with zero attached hydrogens (tertiary/aromatic N) is 1. The molecule has 0 bridgehead atoms. The lowest BCUT2D eigenvalue weighted by molar-refractivity contribution is -0.128. The molecule has 1 aromatic carbocycles. The molecule has 0 saturated carbocycles. The predicted molar refractivity (Wildman–Crippen MR) is 64.5 cm³/mol. The monoisotopic (exact) mass is 273 g/mol. The Labute approximate surface area is 105 Å². The molecular formula is C11H12ClNO3S. The van der Waals surface area contributed by atoms with Gasteiger partial charge in [-0.1, -0.05) is 6.07 Å². The molecule has 0 radical (unpaired) electrons. The zero-order chi connectivity index (χ0) is 12.6. The summed E-state index contributed by atoms with van der Waals surface area (Å²) < 4.78 is 22.4. The van der Waals surface area contributed by atoms with E-state index < -0.39 is 9.05 Å². The Morgan fingerprint density at radius 2 is 2.00 bits per heavy atom. The molecule has 0 aliphatic carbocycles. The standard InChI is InChI=1S/C11H12ClNO3S/c1-13-5-4-9-6-10(17(12,15)16)3-2-8(9)7-11(13)14/h2-3,6H,4-5,7H2,1H3. The van der Waals surface area contributed by atoms with Gasteiger partial charge in [-0.2, -0.15) is 0 Å². The molecule has 4 nitrogen and oxygen atoms in total. The highest BCUT2D eigenvalue weighted by molar-refractivity contribution is 8.13. The van der Waals surface area contributed by atoms with E-state index in [0.29, 0.717) is 19.4 Å². The minimum Gasteiger partial charge on any atom is -0.345 e. The van der Waals surface area contributed by atoms with Gasteiger partial charge in [-0.05, 0) is 29.7 Å². The van der Waals surface area contributed by atoms with Gasteiger partial charge in [0.2, 0.25) is 5.91 Å². The Kier molecular flexibility index (Phi) is 3.14. The highest BCUT2D eigenvalue weighted by atomic mass is 35.7. The van der Waals surface area contributed by atoms with Crippen LogP contribution in [0.5, 0.6) is 0 Å². The van der Waals surface area contributed by atoms with E-state index >= 15 is 0 Å². The highest BCUT2D eigenvalue weighted by Gasteiger charge is 2.19. The van der Waals surface area contributed by atoms with Gasteiger partial charge in [-0.3, -0.25) is 4.79 Å². The van der Waals surface area contributed by atoms with Crippen LogP contribution in [0, 0.1) is 0 Å². The Morgan fingerprint density at radius 1 is 1.29 bits per heavy atom. The minimum atomic E-state index is -3.70. The molecular weight excluding hydrogens is 262 g/mol. The quantitative estimate of drug-likeness (QED) is 0.722. The fraction of sp³-hybridized carbons (Fsp3) is 0.364. The van der Waals surface area contributed by atoms with Gasteiger partial charge in [0.25, 0.3) is 9.05 Å². The van der Waals surface area contributed by atoms with Crippen LogP contribution in [0.15, 0.2) is 23.1 Å². The zero-order valence-corrected chi connectivity index (χ0v) is 10.9. The molecule has 2 rings (SSSR count). The SMILES string of the molecule is CN1CCc2cc(S(=O)(=O)Cl)ccc2CC1=O. The normalized spacial score (nSPS) is 16.6. The van der Waals surface area contributed by atoms with Crippen molar-refractivity contribution in [1.82, 2.24) is 4.90 Å². The average molecular weight is 274 g/mol. The van der Waals surface area contributed by atoms with Gasteiger partial charge in [0.1, 0.15) is 0 Å². The molecule has 1 aliphatic rings. The number of carbonyl (C=O) groups is 1. The number of carbonyl (C=O) groups excluding carboxylic acids is 1. The first kappa shape index (κ1) is 12.4. The lowest BCUT2D eigenvalue weighted by Gasteiger charge is -2.12. The maximum absolute atomic E-state index is 11.6. The lowest BCUT2D eigenvalue weighted by atomic mass is 10.0. The largest absolute Gasteiger partial charge is 0.345 e. The Balaban J connectivity index is 2.45. The fourth-order valence-corrected chi connectivity index (χ4v) is 2.67. The van der Waals surface area contributed by atoms with Crippen molar-refractivity contribution in [3.63, 3.8) is 0 Å². The molecule has 1 aliphatic heterocycles. The molecule has 0 atom stereocenters. The molecule has 1 amide bonds. The maximum atomic E-state index is 11.6. The summed E-state index contributed by atoms with van der Waals surface area (Å²) in [4.78, 5) is 13.4. The van der Waals surface area contributed by atoms with E-state index in [0.717, 1.165) is 11.1 Å². The number of benzene rings is 1. The number of amides is 1. The summed E-state index contributed by atoms with van der Waals surface area (Å²) in [5.41, 5.74) is 1.76. The van der Waals surface area contributed by atoms with E-state index in [4.69, 9.17) is 10.7 Å². The van der Waals surface area contributed by atoms with Crippen molar-refractivity contribution in [2.24, 2.45) is 0 Å². The van der Waals surface area contributed by atoms with Gasteiger partial charge < -0.3 is 4.90 Å².